The smallest absolute Gasteiger partial charge is 0.287 e. The molecule has 0 saturated heterocycles. The van der Waals surface area contributed by atoms with Crippen molar-refractivity contribution < 1.29 is 0 Å². The summed E-state index contributed by atoms with van der Waals surface area (Å²) in [7, 11) is 1.55. The molecule has 5 nitrogen and oxygen atoms in total. The molecule has 78 valence electrons. The summed E-state index contributed by atoms with van der Waals surface area (Å²) in [4.78, 5) is 11.3. The van der Waals surface area contributed by atoms with Crippen molar-refractivity contribution in [2.45, 2.75) is 6.42 Å². The first-order valence-corrected chi connectivity index (χ1v) is 4.70. The van der Waals surface area contributed by atoms with Gasteiger partial charge in [-0.3, -0.25) is 4.79 Å². The molecule has 0 saturated carbocycles. The van der Waals surface area contributed by atoms with Crippen LogP contribution in [0, 0.1) is 0 Å². The minimum Gasteiger partial charge on any atom is -0.382 e. The molecule has 0 atom stereocenters. The first-order chi connectivity index (χ1) is 6.66. The van der Waals surface area contributed by atoms with Crippen LogP contribution in [0.1, 0.15) is 6.42 Å². The lowest BCUT2D eigenvalue weighted by Gasteiger charge is -2.07. The van der Waals surface area contributed by atoms with Gasteiger partial charge in [-0.2, -0.15) is 5.10 Å². The third-order valence-corrected chi connectivity index (χ3v) is 2.14. The molecule has 0 aliphatic heterocycles. The first kappa shape index (κ1) is 11.0. The molecular weight excluding hydrogens is 204 g/mol. The first-order valence-electron chi connectivity index (χ1n) is 4.32. The van der Waals surface area contributed by atoms with Gasteiger partial charge in [-0.1, -0.05) is 11.6 Å². The van der Waals surface area contributed by atoms with E-state index in [1.807, 2.05) is 0 Å². The van der Waals surface area contributed by atoms with Gasteiger partial charge in [-0.05, 0) is 13.0 Å². The minimum atomic E-state index is -0.301. The van der Waals surface area contributed by atoms with Crippen molar-refractivity contribution in [3.63, 3.8) is 0 Å². The molecule has 0 unspecified atom stereocenters. The topological polar surface area (TPSA) is 72.9 Å². The van der Waals surface area contributed by atoms with Crippen LogP contribution in [0.15, 0.2) is 11.0 Å². The van der Waals surface area contributed by atoms with Gasteiger partial charge < -0.3 is 11.1 Å². The van der Waals surface area contributed by atoms with Gasteiger partial charge in [0.05, 0.1) is 11.9 Å². The average Bonchev–Trinajstić information content (AvgIpc) is 2.18. The second-order valence-corrected chi connectivity index (χ2v) is 3.25. The van der Waals surface area contributed by atoms with Crippen LogP contribution in [0.2, 0.25) is 5.02 Å². The number of rotatable bonds is 4. The molecule has 1 heterocycles. The fourth-order valence-corrected chi connectivity index (χ4v) is 1.20. The highest BCUT2D eigenvalue weighted by atomic mass is 35.5. The molecule has 0 aliphatic rings. The zero-order chi connectivity index (χ0) is 10.6. The van der Waals surface area contributed by atoms with Crippen molar-refractivity contribution >= 4 is 17.3 Å². The van der Waals surface area contributed by atoms with E-state index in [0.29, 0.717) is 18.8 Å². The molecule has 6 heteroatoms. The predicted octanol–water partition coefficient (Wildman–Crippen LogP) is 0.194. The summed E-state index contributed by atoms with van der Waals surface area (Å²) >= 11 is 5.81. The Kier molecular flexibility index (Phi) is 3.91. The van der Waals surface area contributed by atoms with Crippen LogP contribution in [0.3, 0.4) is 0 Å². The number of nitrogens with one attached hydrogen (secondary N) is 1. The molecule has 0 spiro atoms. The van der Waals surface area contributed by atoms with Gasteiger partial charge in [0.2, 0.25) is 0 Å². The average molecular weight is 217 g/mol. The van der Waals surface area contributed by atoms with Crippen LogP contribution in [0.4, 0.5) is 5.69 Å². The van der Waals surface area contributed by atoms with Crippen LogP contribution in [-0.4, -0.2) is 22.9 Å². The highest BCUT2D eigenvalue weighted by Gasteiger charge is 2.05. The number of nitrogens with zero attached hydrogens (tertiary/aromatic N) is 2. The molecule has 14 heavy (non-hydrogen) atoms. The summed E-state index contributed by atoms with van der Waals surface area (Å²) < 4.78 is 1.19. The van der Waals surface area contributed by atoms with Crippen molar-refractivity contribution in [2.75, 3.05) is 18.4 Å². The third-order valence-electron chi connectivity index (χ3n) is 1.77. The van der Waals surface area contributed by atoms with Crippen molar-refractivity contribution in [1.82, 2.24) is 9.78 Å². The number of anilines is 1. The van der Waals surface area contributed by atoms with E-state index in [1.165, 1.54) is 10.9 Å². The molecule has 0 radical (unpaired) electrons. The molecule has 1 aromatic rings. The summed E-state index contributed by atoms with van der Waals surface area (Å²) in [6.07, 6.45) is 2.35. The molecule has 1 rings (SSSR count). The minimum absolute atomic E-state index is 0.166. The standard InChI is InChI=1S/C8H13ClN4O/c1-13-8(14)7(9)6(5-12-13)11-4-2-3-10/h5,11H,2-4,10H2,1H3. The Morgan fingerprint density at radius 1 is 1.71 bits per heavy atom. The zero-order valence-corrected chi connectivity index (χ0v) is 8.71. The zero-order valence-electron chi connectivity index (χ0n) is 7.96. The van der Waals surface area contributed by atoms with E-state index in [4.69, 9.17) is 17.3 Å². The number of hydrogen-bond acceptors (Lipinski definition) is 4. The van der Waals surface area contributed by atoms with E-state index in [2.05, 4.69) is 10.4 Å². The fraction of sp³-hybridized carbons (Fsp3) is 0.500. The van der Waals surface area contributed by atoms with E-state index in [0.717, 1.165) is 6.42 Å². The number of hydrogen-bond donors (Lipinski definition) is 2. The van der Waals surface area contributed by atoms with Gasteiger partial charge in [-0.15, -0.1) is 0 Å². The Morgan fingerprint density at radius 3 is 3.07 bits per heavy atom. The summed E-state index contributed by atoms with van der Waals surface area (Å²) in [5.74, 6) is 0. The lowest BCUT2D eigenvalue weighted by molar-refractivity contribution is 0.707. The van der Waals surface area contributed by atoms with E-state index in [9.17, 15) is 4.79 Å². The lowest BCUT2D eigenvalue weighted by Crippen LogP contribution is -2.21. The second-order valence-electron chi connectivity index (χ2n) is 2.87. The maximum Gasteiger partial charge on any atom is 0.287 e. The normalized spacial score (nSPS) is 10.2. The molecule has 0 amide bonds. The Morgan fingerprint density at radius 2 is 2.43 bits per heavy atom. The maximum absolute atomic E-state index is 11.3. The van der Waals surface area contributed by atoms with Crippen molar-refractivity contribution in [3.05, 3.63) is 21.6 Å². The molecule has 3 N–H and O–H groups in total. The van der Waals surface area contributed by atoms with E-state index in [-0.39, 0.29) is 10.6 Å². The van der Waals surface area contributed by atoms with Crippen LogP contribution < -0.4 is 16.6 Å². The molecule has 0 aromatic carbocycles. The van der Waals surface area contributed by atoms with E-state index < -0.39 is 0 Å². The summed E-state index contributed by atoms with van der Waals surface area (Å²) in [6.45, 7) is 1.29. The molecule has 0 fully saturated rings. The number of aromatic nitrogens is 2. The lowest BCUT2D eigenvalue weighted by atomic mass is 10.4. The summed E-state index contributed by atoms with van der Waals surface area (Å²) in [5, 5.41) is 7.00. The van der Waals surface area contributed by atoms with Gasteiger partial charge in [-0.25, -0.2) is 4.68 Å². The van der Waals surface area contributed by atoms with Crippen molar-refractivity contribution in [2.24, 2.45) is 12.8 Å². The molecule has 0 aliphatic carbocycles. The third kappa shape index (κ3) is 2.46. The van der Waals surface area contributed by atoms with Gasteiger partial charge in [0.25, 0.3) is 5.56 Å². The summed E-state index contributed by atoms with van der Waals surface area (Å²) in [5.41, 5.74) is 5.59. The maximum atomic E-state index is 11.3. The van der Waals surface area contributed by atoms with E-state index >= 15 is 0 Å². The van der Waals surface area contributed by atoms with Crippen LogP contribution in [0.25, 0.3) is 0 Å². The molecule has 1 aromatic heterocycles. The Hall–Kier alpha value is -1.07. The van der Waals surface area contributed by atoms with Crippen LogP contribution >= 0.6 is 11.6 Å². The quantitative estimate of drug-likeness (QED) is 0.705. The molecule has 0 bridgehead atoms. The van der Waals surface area contributed by atoms with Crippen LogP contribution in [0.5, 0.6) is 0 Å². The largest absolute Gasteiger partial charge is 0.382 e. The van der Waals surface area contributed by atoms with E-state index in [1.54, 1.807) is 7.05 Å². The predicted molar refractivity (Wildman–Crippen MR) is 56.6 cm³/mol. The van der Waals surface area contributed by atoms with Gasteiger partial charge in [0, 0.05) is 13.6 Å². The van der Waals surface area contributed by atoms with Crippen molar-refractivity contribution in [1.29, 1.82) is 0 Å². The second kappa shape index (κ2) is 4.97. The fourth-order valence-electron chi connectivity index (χ4n) is 0.959. The Bertz CT molecular complexity index is 363. The number of halogens is 1. The van der Waals surface area contributed by atoms with Gasteiger partial charge in [0.15, 0.2) is 0 Å². The molecular formula is C8H13ClN4O. The van der Waals surface area contributed by atoms with Crippen molar-refractivity contribution in [3.8, 4) is 0 Å². The summed E-state index contributed by atoms with van der Waals surface area (Å²) in [6, 6.07) is 0. The van der Waals surface area contributed by atoms with Gasteiger partial charge >= 0.3 is 0 Å². The number of aryl methyl sites for hydroxylation is 1. The monoisotopic (exact) mass is 216 g/mol. The number of nitrogens with two attached hydrogens (primary N) is 1. The van der Waals surface area contributed by atoms with Gasteiger partial charge in [0.1, 0.15) is 5.02 Å². The highest BCUT2D eigenvalue weighted by molar-refractivity contribution is 6.32. The Balaban J connectivity index is 2.79. The van der Waals surface area contributed by atoms with Crippen LogP contribution in [-0.2, 0) is 7.05 Å². The highest BCUT2D eigenvalue weighted by Crippen LogP contribution is 2.14. The Labute approximate surface area is 86.9 Å². The SMILES string of the molecule is Cn1ncc(NCCCN)c(Cl)c1=O.